The Kier molecular flexibility index (Phi) is 18.0. The average Bonchev–Trinajstić information content (AvgIpc) is 3.82. The molecule has 15 nitrogen and oxygen atoms in total. The molecule has 5 atom stereocenters. The average molecular weight is 890 g/mol. The lowest BCUT2D eigenvalue weighted by molar-refractivity contribution is -0.143. The number of hydrogen-bond donors (Lipinski definition) is 6. The molecule has 4 rings (SSSR count). The van der Waals surface area contributed by atoms with Gasteiger partial charge < -0.3 is 41.7 Å². The van der Waals surface area contributed by atoms with E-state index in [9.17, 15) is 33.9 Å². The third kappa shape index (κ3) is 15.2. The fourth-order valence-corrected chi connectivity index (χ4v) is 8.31. The van der Waals surface area contributed by atoms with E-state index in [4.69, 9.17) is 10.5 Å². The molecule has 1 aliphatic rings. The standard InChI is InChI=1S/C47H67N7O8S/c1-28-31(15-13-16-35(28)51-43(59)36(22-23-39(48)57)52-45(61)62-47(7,8)9)14-11-10-12-17-40(58)53-42(46(4,5)6)44(60)54-26-34(55)24-37(54)38(56)25-49-29(2)32-18-20-33(21-19-32)41-30(3)50-27-63-41/h13,15-16,18-21,27,29,34,36-37,42,49,55H,10-12,14,17,22-26H2,1-9H3,(H2,48,57)(H,51,59)(H,52,61)(H,53,58)/t29-,34+,36-,37-,42+/m0/s1. The van der Waals surface area contributed by atoms with Crippen molar-refractivity contribution in [2.75, 3.05) is 18.4 Å². The van der Waals surface area contributed by atoms with Crippen LogP contribution in [0.2, 0.25) is 0 Å². The number of aliphatic hydroxyl groups excluding tert-OH is 1. The van der Waals surface area contributed by atoms with Gasteiger partial charge in [-0.25, -0.2) is 9.78 Å². The van der Waals surface area contributed by atoms with E-state index in [1.165, 1.54) is 4.90 Å². The third-order valence-electron chi connectivity index (χ3n) is 11.1. The van der Waals surface area contributed by atoms with E-state index in [1.807, 2.05) is 83.5 Å². The number of ketones is 1. The van der Waals surface area contributed by atoms with Crippen LogP contribution < -0.4 is 27.0 Å². The van der Waals surface area contributed by atoms with Gasteiger partial charge in [0, 0.05) is 37.5 Å². The largest absolute Gasteiger partial charge is 0.444 e. The van der Waals surface area contributed by atoms with E-state index in [0.29, 0.717) is 18.5 Å². The van der Waals surface area contributed by atoms with Crippen molar-refractivity contribution in [3.8, 4) is 10.4 Å². The number of Topliss-reactive ketones (excluding diaryl/α,β-unsaturated/α-hetero) is 1. The van der Waals surface area contributed by atoms with Gasteiger partial charge in [-0.15, -0.1) is 11.3 Å². The monoisotopic (exact) mass is 889 g/mol. The third-order valence-corrected chi connectivity index (χ3v) is 12.1. The highest BCUT2D eigenvalue weighted by Gasteiger charge is 2.44. The van der Waals surface area contributed by atoms with Crippen molar-refractivity contribution in [2.45, 2.75) is 150 Å². The van der Waals surface area contributed by atoms with E-state index in [1.54, 1.807) is 38.2 Å². The van der Waals surface area contributed by atoms with Crippen LogP contribution in [-0.2, 0) is 35.1 Å². The number of aromatic nitrogens is 1. The lowest BCUT2D eigenvalue weighted by Gasteiger charge is -2.35. The number of aryl methyl sites for hydroxylation is 2. The molecule has 0 saturated carbocycles. The van der Waals surface area contributed by atoms with Crippen molar-refractivity contribution in [3.63, 3.8) is 0 Å². The second kappa shape index (κ2) is 22.4. The number of rotatable bonds is 20. The maximum atomic E-state index is 14.1. The van der Waals surface area contributed by atoms with Crippen LogP contribution in [0.15, 0.2) is 48.0 Å². The number of nitrogens with two attached hydrogens (primary N) is 1. The number of primary amides is 1. The molecule has 7 N–H and O–H groups in total. The number of alkyl carbamates (subject to hydrolysis) is 1. The zero-order valence-corrected chi connectivity index (χ0v) is 39.1. The summed E-state index contributed by atoms with van der Waals surface area (Å²) in [5.74, 6) is -1.98. The number of anilines is 1. The van der Waals surface area contributed by atoms with E-state index in [0.717, 1.165) is 45.7 Å². The summed E-state index contributed by atoms with van der Waals surface area (Å²) < 4.78 is 5.30. The summed E-state index contributed by atoms with van der Waals surface area (Å²) in [7, 11) is 0. The number of carbonyl (C=O) groups excluding carboxylic acids is 6. The predicted molar refractivity (Wildman–Crippen MR) is 245 cm³/mol. The molecular formula is C47H67N7O8S. The second-order valence-corrected chi connectivity index (χ2v) is 19.4. The normalized spacial score (nSPS) is 16.8. The minimum absolute atomic E-state index is 0.00225. The van der Waals surface area contributed by atoms with Crippen molar-refractivity contribution in [1.82, 2.24) is 25.8 Å². The summed E-state index contributed by atoms with van der Waals surface area (Å²) in [6, 6.07) is 10.8. The summed E-state index contributed by atoms with van der Waals surface area (Å²) >= 11 is 1.59. The van der Waals surface area contributed by atoms with Crippen LogP contribution in [0.1, 0.15) is 122 Å². The Balaban J connectivity index is 1.27. The molecule has 1 aliphatic heterocycles. The molecule has 3 aromatic rings. The summed E-state index contributed by atoms with van der Waals surface area (Å²) in [6.07, 6.45) is 1.33. The zero-order valence-electron chi connectivity index (χ0n) is 38.3. The first-order chi connectivity index (χ1) is 29.5. The Morgan fingerprint density at radius 1 is 0.952 bits per heavy atom. The van der Waals surface area contributed by atoms with E-state index >= 15 is 0 Å². The number of unbranched alkanes of at least 4 members (excludes halogenated alkanes) is 2. The Bertz CT molecular complexity index is 2070. The molecule has 1 aromatic heterocycles. The molecule has 16 heteroatoms. The van der Waals surface area contributed by atoms with Crippen LogP contribution in [0.3, 0.4) is 0 Å². The summed E-state index contributed by atoms with van der Waals surface area (Å²) in [6.45, 7) is 16.6. The van der Waals surface area contributed by atoms with Gasteiger partial charge in [-0.05, 0) is 101 Å². The number of likely N-dealkylation sites (tertiary alicyclic amines) is 1. The maximum absolute atomic E-state index is 14.1. The smallest absolute Gasteiger partial charge is 0.408 e. The Labute approximate surface area is 375 Å². The molecule has 2 heterocycles. The molecule has 0 aliphatic carbocycles. The van der Waals surface area contributed by atoms with Gasteiger partial charge in [0.15, 0.2) is 5.78 Å². The number of ether oxygens (including phenoxy) is 1. The molecule has 1 saturated heterocycles. The van der Waals surface area contributed by atoms with Gasteiger partial charge in [0.25, 0.3) is 0 Å². The van der Waals surface area contributed by atoms with Crippen LogP contribution in [0.25, 0.3) is 10.4 Å². The van der Waals surface area contributed by atoms with Crippen molar-refractivity contribution < 1.29 is 38.6 Å². The first-order valence-electron chi connectivity index (χ1n) is 21.8. The lowest BCUT2D eigenvalue weighted by atomic mass is 9.85. The van der Waals surface area contributed by atoms with Crippen molar-refractivity contribution in [2.24, 2.45) is 11.1 Å². The van der Waals surface area contributed by atoms with E-state index in [-0.39, 0.29) is 56.5 Å². The van der Waals surface area contributed by atoms with E-state index in [2.05, 4.69) is 26.3 Å². The lowest BCUT2D eigenvalue weighted by Crippen LogP contribution is -2.57. The topological polar surface area (TPSA) is 222 Å². The molecule has 344 valence electrons. The molecule has 0 bridgehead atoms. The molecular weight excluding hydrogens is 823 g/mol. The van der Waals surface area contributed by atoms with Crippen LogP contribution >= 0.6 is 11.3 Å². The Hall–Kier alpha value is -5.19. The van der Waals surface area contributed by atoms with Crippen molar-refractivity contribution in [3.05, 3.63) is 70.4 Å². The molecule has 5 amide bonds. The van der Waals surface area contributed by atoms with E-state index < -0.39 is 59.1 Å². The maximum Gasteiger partial charge on any atom is 0.408 e. The molecule has 63 heavy (non-hydrogen) atoms. The van der Waals surface area contributed by atoms with Gasteiger partial charge in [0.1, 0.15) is 17.7 Å². The Morgan fingerprint density at radius 2 is 1.65 bits per heavy atom. The molecule has 0 radical (unpaired) electrons. The number of nitrogens with zero attached hydrogens (tertiary/aromatic N) is 2. The quantitative estimate of drug-likeness (QED) is 0.0722. The predicted octanol–water partition coefficient (Wildman–Crippen LogP) is 6.04. The number of nitrogens with one attached hydrogen (secondary N) is 4. The van der Waals surface area contributed by atoms with Gasteiger partial charge in [-0.1, -0.05) is 63.6 Å². The van der Waals surface area contributed by atoms with Gasteiger partial charge in [0.05, 0.1) is 34.8 Å². The first kappa shape index (κ1) is 50.5. The van der Waals surface area contributed by atoms with Crippen LogP contribution in [0, 0.1) is 19.3 Å². The Morgan fingerprint density at radius 3 is 2.27 bits per heavy atom. The summed E-state index contributed by atoms with van der Waals surface area (Å²) in [4.78, 5) is 85.1. The van der Waals surface area contributed by atoms with Crippen LogP contribution in [0.4, 0.5) is 10.5 Å². The summed E-state index contributed by atoms with van der Waals surface area (Å²) in [5, 5.41) is 22.3. The number of aliphatic hydroxyl groups is 1. The second-order valence-electron chi connectivity index (χ2n) is 18.6. The molecule has 1 fully saturated rings. The highest BCUT2D eigenvalue weighted by Crippen LogP contribution is 2.30. The molecule has 0 spiro atoms. The highest BCUT2D eigenvalue weighted by molar-refractivity contribution is 7.13. The zero-order chi connectivity index (χ0) is 46.6. The molecule has 0 unspecified atom stereocenters. The van der Waals surface area contributed by atoms with Gasteiger partial charge in [-0.3, -0.25) is 24.0 Å². The summed E-state index contributed by atoms with van der Waals surface area (Å²) in [5.41, 5.74) is 11.2. The molecule has 2 aromatic carbocycles. The minimum atomic E-state index is -1.05. The SMILES string of the molecule is Cc1ncsc1-c1ccc([C@H](C)NCC(=O)[C@@H]2C[C@@H](O)CN2C(=O)[C@@H](NC(=O)CCCCCc2cccc(NC(=O)[C@H](CCC(N)=O)NC(=O)OC(C)(C)C)c2C)C(C)(C)C)cc1. The number of amides is 5. The van der Waals surface area contributed by atoms with Gasteiger partial charge in [-0.2, -0.15) is 0 Å². The number of hydrogen-bond acceptors (Lipinski definition) is 11. The van der Waals surface area contributed by atoms with Crippen LogP contribution in [0.5, 0.6) is 0 Å². The fraction of sp³-hybridized carbons (Fsp3) is 0.553. The number of thiazole rings is 1. The first-order valence-corrected chi connectivity index (χ1v) is 22.6. The fourth-order valence-electron chi connectivity index (χ4n) is 7.49. The minimum Gasteiger partial charge on any atom is -0.444 e. The van der Waals surface area contributed by atoms with Crippen molar-refractivity contribution >= 4 is 52.5 Å². The highest BCUT2D eigenvalue weighted by atomic mass is 32.1. The van der Waals surface area contributed by atoms with Crippen LogP contribution in [-0.4, -0.2) is 93.4 Å². The van der Waals surface area contributed by atoms with Gasteiger partial charge in [0.2, 0.25) is 23.6 Å². The van der Waals surface area contributed by atoms with Gasteiger partial charge >= 0.3 is 6.09 Å². The number of benzene rings is 2. The number of carbonyl (C=O) groups is 6. The number of β-amino-alcohol motifs (C(OH)–C–C–N with tert-alkyl or cyclic N) is 1. The van der Waals surface area contributed by atoms with Crippen molar-refractivity contribution in [1.29, 1.82) is 0 Å².